The summed E-state index contributed by atoms with van der Waals surface area (Å²) in [6, 6.07) is 11.9. The summed E-state index contributed by atoms with van der Waals surface area (Å²) in [5, 5.41) is 0.435. The smallest absolute Gasteiger partial charge is 0.193 e. The maximum absolute atomic E-state index is 12.3. The lowest BCUT2D eigenvalue weighted by atomic mass is 10.1. The molecule has 0 saturated heterocycles. The Bertz CT molecular complexity index is 899. The summed E-state index contributed by atoms with van der Waals surface area (Å²) >= 11 is 0. The molecule has 1 aromatic heterocycles. The van der Waals surface area contributed by atoms with Gasteiger partial charge in [-0.25, -0.2) is 0 Å². The van der Waals surface area contributed by atoms with Crippen LogP contribution in [-0.2, 0) is 0 Å². The lowest BCUT2D eigenvalue weighted by Crippen LogP contribution is -2.02. The van der Waals surface area contributed by atoms with Gasteiger partial charge in [0.2, 0.25) is 0 Å². The van der Waals surface area contributed by atoms with E-state index in [0.717, 1.165) is 5.56 Å². The van der Waals surface area contributed by atoms with Crippen molar-refractivity contribution in [3.8, 4) is 22.8 Å². The molecule has 0 atom stereocenters. The van der Waals surface area contributed by atoms with Crippen molar-refractivity contribution in [1.82, 2.24) is 0 Å². The molecule has 3 rings (SSSR count). The summed E-state index contributed by atoms with van der Waals surface area (Å²) < 4.78 is 16.3. The van der Waals surface area contributed by atoms with Crippen molar-refractivity contribution in [3.63, 3.8) is 0 Å². The van der Waals surface area contributed by atoms with Crippen molar-refractivity contribution in [1.29, 1.82) is 0 Å². The summed E-state index contributed by atoms with van der Waals surface area (Å²) in [5.41, 5.74) is 7.40. The van der Waals surface area contributed by atoms with Crippen LogP contribution in [0.2, 0.25) is 0 Å². The molecule has 0 aliphatic carbocycles. The quantitative estimate of drug-likeness (QED) is 0.752. The van der Waals surface area contributed by atoms with Gasteiger partial charge in [0, 0.05) is 23.4 Å². The first kappa shape index (κ1) is 14.0. The number of nitrogen functional groups attached to an aromatic ring is 1. The van der Waals surface area contributed by atoms with Crippen LogP contribution in [0, 0.1) is 0 Å². The normalized spacial score (nSPS) is 10.6. The van der Waals surface area contributed by atoms with Gasteiger partial charge >= 0.3 is 0 Å². The van der Waals surface area contributed by atoms with E-state index in [9.17, 15) is 4.79 Å². The molecule has 0 saturated carbocycles. The van der Waals surface area contributed by atoms with Crippen LogP contribution >= 0.6 is 0 Å². The molecule has 0 radical (unpaired) electrons. The van der Waals surface area contributed by atoms with Crippen molar-refractivity contribution in [2.45, 2.75) is 0 Å². The van der Waals surface area contributed by atoms with E-state index in [2.05, 4.69) is 0 Å². The SMILES string of the molecule is COc1cc2oc(-c3cccc(N)c3)cc(=O)c2cc1OC. The van der Waals surface area contributed by atoms with Crippen LogP contribution < -0.4 is 20.6 Å². The number of hydrogen-bond acceptors (Lipinski definition) is 5. The van der Waals surface area contributed by atoms with E-state index in [-0.39, 0.29) is 5.43 Å². The van der Waals surface area contributed by atoms with E-state index in [1.807, 2.05) is 12.1 Å². The fraction of sp³-hybridized carbons (Fsp3) is 0.118. The number of nitrogens with two attached hydrogens (primary N) is 1. The molecule has 5 nitrogen and oxygen atoms in total. The molecule has 0 aliphatic heterocycles. The van der Waals surface area contributed by atoms with Gasteiger partial charge in [-0.15, -0.1) is 0 Å². The van der Waals surface area contributed by atoms with Gasteiger partial charge in [-0.2, -0.15) is 0 Å². The Kier molecular flexibility index (Phi) is 3.47. The van der Waals surface area contributed by atoms with Gasteiger partial charge in [-0.3, -0.25) is 4.79 Å². The fourth-order valence-electron chi connectivity index (χ4n) is 2.32. The van der Waals surface area contributed by atoms with Crippen LogP contribution in [0.4, 0.5) is 5.69 Å². The molecular weight excluding hydrogens is 282 g/mol. The largest absolute Gasteiger partial charge is 0.493 e. The highest BCUT2D eigenvalue weighted by Crippen LogP contribution is 2.32. The zero-order valence-corrected chi connectivity index (χ0v) is 12.3. The Morgan fingerprint density at radius 2 is 1.73 bits per heavy atom. The minimum absolute atomic E-state index is 0.153. The minimum atomic E-state index is -0.153. The van der Waals surface area contributed by atoms with Gasteiger partial charge in [0.25, 0.3) is 0 Å². The van der Waals surface area contributed by atoms with Crippen molar-refractivity contribution >= 4 is 16.7 Å². The molecule has 1 heterocycles. The highest BCUT2D eigenvalue weighted by atomic mass is 16.5. The third-order valence-corrected chi connectivity index (χ3v) is 3.40. The Morgan fingerprint density at radius 3 is 2.41 bits per heavy atom. The lowest BCUT2D eigenvalue weighted by molar-refractivity contribution is 0.355. The Labute approximate surface area is 126 Å². The molecule has 0 aliphatic rings. The molecule has 0 spiro atoms. The van der Waals surface area contributed by atoms with E-state index in [4.69, 9.17) is 19.6 Å². The molecule has 22 heavy (non-hydrogen) atoms. The lowest BCUT2D eigenvalue weighted by Gasteiger charge is -2.09. The summed E-state index contributed by atoms with van der Waals surface area (Å²) in [6.07, 6.45) is 0. The van der Waals surface area contributed by atoms with Crippen molar-refractivity contribution in [2.75, 3.05) is 20.0 Å². The first-order valence-corrected chi connectivity index (χ1v) is 6.68. The van der Waals surface area contributed by atoms with Gasteiger partial charge < -0.3 is 19.6 Å². The van der Waals surface area contributed by atoms with E-state index in [1.54, 1.807) is 24.3 Å². The first-order chi connectivity index (χ1) is 10.6. The number of anilines is 1. The molecule has 2 N–H and O–H groups in total. The number of fused-ring (bicyclic) bond motifs is 1. The number of benzene rings is 2. The second-order valence-corrected chi connectivity index (χ2v) is 4.80. The number of methoxy groups -OCH3 is 2. The van der Waals surface area contributed by atoms with Crippen LogP contribution in [0.25, 0.3) is 22.3 Å². The minimum Gasteiger partial charge on any atom is -0.493 e. The maximum atomic E-state index is 12.3. The van der Waals surface area contributed by atoms with Crippen LogP contribution in [0.1, 0.15) is 0 Å². The third-order valence-electron chi connectivity index (χ3n) is 3.40. The zero-order chi connectivity index (χ0) is 15.7. The van der Waals surface area contributed by atoms with Crippen molar-refractivity contribution < 1.29 is 13.9 Å². The van der Waals surface area contributed by atoms with Crippen LogP contribution in [-0.4, -0.2) is 14.2 Å². The first-order valence-electron chi connectivity index (χ1n) is 6.68. The standard InChI is InChI=1S/C17H15NO4/c1-20-16-7-12-13(19)8-14(10-4-3-5-11(18)6-10)22-15(12)9-17(16)21-2/h3-9H,18H2,1-2H3. The Hall–Kier alpha value is -2.95. The Balaban J connectivity index is 2.26. The topological polar surface area (TPSA) is 74.7 Å². The van der Waals surface area contributed by atoms with Gasteiger partial charge in [0.05, 0.1) is 19.6 Å². The van der Waals surface area contributed by atoms with Crippen molar-refractivity contribution in [2.24, 2.45) is 0 Å². The molecule has 2 aromatic carbocycles. The van der Waals surface area contributed by atoms with E-state index in [1.165, 1.54) is 20.3 Å². The Morgan fingerprint density at radius 1 is 1.00 bits per heavy atom. The van der Waals surface area contributed by atoms with Crippen LogP contribution in [0.3, 0.4) is 0 Å². The van der Waals surface area contributed by atoms with Gasteiger partial charge in [0.1, 0.15) is 11.3 Å². The number of rotatable bonds is 3. The summed E-state index contributed by atoms with van der Waals surface area (Å²) in [4.78, 5) is 12.3. The van der Waals surface area contributed by atoms with Crippen molar-refractivity contribution in [3.05, 3.63) is 52.7 Å². The molecule has 3 aromatic rings. The molecule has 0 amide bonds. The number of hydrogen-bond donors (Lipinski definition) is 1. The van der Waals surface area contributed by atoms with E-state index >= 15 is 0 Å². The average Bonchev–Trinajstić information content (AvgIpc) is 2.53. The molecule has 0 fully saturated rings. The third kappa shape index (κ3) is 2.37. The van der Waals surface area contributed by atoms with Gasteiger partial charge in [-0.05, 0) is 18.2 Å². The predicted octanol–water partition coefficient (Wildman–Crippen LogP) is 3.06. The molecular formula is C17H15NO4. The summed E-state index contributed by atoms with van der Waals surface area (Å²) in [7, 11) is 3.05. The fourth-order valence-corrected chi connectivity index (χ4v) is 2.32. The summed E-state index contributed by atoms with van der Waals surface area (Å²) in [6.45, 7) is 0. The van der Waals surface area contributed by atoms with E-state index in [0.29, 0.717) is 33.9 Å². The second kappa shape index (κ2) is 5.44. The zero-order valence-electron chi connectivity index (χ0n) is 12.3. The maximum Gasteiger partial charge on any atom is 0.193 e. The van der Waals surface area contributed by atoms with Crippen LogP contribution in [0.5, 0.6) is 11.5 Å². The predicted molar refractivity (Wildman–Crippen MR) is 85.4 cm³/mol. The molecule has 0 bridgehead atoms. The monoisotopic (exact) mass is 297 g/mol. The highest BCUT2D eigenvalue weighted by Gasteiger charge is 2.12. The average molecular weight is 297 g/mol. The van der Waals surface area contributed by atoms with E-state index < -0.39 is 0 Å². The number of ether oxygens (including phenoxy) is 2. The molecule has 0 unspecified atom stereocenters. The van der Waals surface area contributed by atoms with Crippen LogP contribution in [0.15, 0.2) is 51.7 Å². The molecule has 112 valence electrons. The van der Waals surface area contributed by atoms with Gasteiger partial charge in [-0.1, -0.05) is 12.1 Å². The van der Waals surface area contributed by atoms with Gasteiger partial charge in [0.15, 0.2) is 16.9 Å². The highest BCUT2D eigenvalue weighted by molar-refractivity contribution is 5.82. The molecule has 5 heteroatoms. The second-order valence-electron chi connectivity index (χ2n) is 4.80. The summed E-state index contributed by atoms with van der Waals surface area (Å²) in [5.74, 6) is 1.44.